The molecule has 3 unspecified atom stereocenters. The van der Waals surface area contributed by atoms with Gasteiger partial charge in [0.1, 0.15) is 23.2 Å². The van der Waals surface area contributed by atoms with E-state index in [0.29, 0.717) is 23.9 Å². The number of carboxylic acid groups (broad SMARTS) is 1. The molecule has 3 aliphatic heterocycles. The van der Waals surface area contributed by atoms with Gasteiger partial charge in [0.2, 0.25) is 11.8 Å². The van der Waals surface area contributed by atoms with Gasteiger partial charge in [0.25, 0.3) is 0 Å². The number of piperazine rings is 1. The number of nitrogens with one attached hydrogen (secondary N) is 4. The number of phenols is 2. The molecular weight excluding hydrogens is 693 g/mol. The molecule has 50 heavy (non-hydrogen) atoms. The van der Waals surface area contributed by atoms with Crippen LogP contribution in [0.5, 0.6) is 17.2 Å². The van der Waals surface area contributed by atoms with Gasteiger partial charge in [-0.1, -0.05) is 17.7 Å². The first kappa shape index (κ1) is 36.1. The van der Waals surface area contributed by atoms with Crippen molar-refractivity contribution in [3.63, 3.8) is 0 Å². The second-order valence-electron chi connectivity index (χ2n) is 11.6. The normalized spacial score (nSPS) is 19.4. The molecule has 21 heteroatoms. The Morgan fingerprint density at radius 1 is 1.10 bits per heavy atom. The Hall–Kier alpha value is -5.21. The average Bonchev–Trinajstić information content (AvgIpc) is 3.62. The van der Waals surface area contributed by atoms with Crippen LogP contribution >= 0.6 is 11.6 Å². The van der Waals surface area contributed by atoms with Gasteiger partial charge >= 0.3 is 30.9 Å². The third-order valence-electron chi connectivity index (χ3n) is 8.40. The van der Waals surface area contributed by atoms with Crippen LogP contribution in [0.15, 0.2) is 18.2 Å². The zero-order chi connectivity index (χ0) is 36.4. The fraction of sp³-hybridized carbons (Fsp3) is 0.379. The number of carbonyl (C=O) groups is 6. The van der Waals surface area contributed by atoms with Crippen molar-refractivity contribution in [2.45, 2.75) is 37.3 Å². The van der Waals surface area contributed by atoms with E-state index in [-0.39, 0.29) is 50.1 Å². The van der Waals surface area contributed by atoms with Crippen molar-refractivity contribution in [3.8, 4) is 17.2 Å². The SMILES string of the molecule is O=C(O)c1c(F)ccc2c1OB(O)C(NC(=O)C(NC(=O)N1CCN(CCNC(=O)C3CCCN3)C(=O)C1=O)c1cc(F)c(O)c(O)c1Cl)C2. The molecule has 0 radical (unpaired) electrons. The molecule has 0 aliphatic carbocycles. The summed E-state index contributed by atoms with van der Waals surface area (Å²) in [5, 5.41) is 49.3. The van der Waals surface area contributed by atoms with Crippen molar-refractivity contribution < 1.29 is 62.5 Å². The molecule has 2 aromatic rings. The Labute approximate surface area is 286 Å². The summed E-state index contributed by atoms with van der Waals surface area (Å²) < 4.78 is 33.9. The van der Waals surface area contributed by atoms with E-state index in [0.717, 1.165) is 23.5 Å². The number of aromatic hydroxyl groups is 2. The van der Waals surface area contributed by atoms with Crippen LogP contribution in [0.3, 0.4) is 0 Å². The number of benzene rings is 2. The van der Waals surface area contributed by atoms with Crippen molar-refractivity contribution in [1.29, 1.82) is 0 Å². The van der Waals surface area contributed by atoms with Crippen molar-refractivity contribution in [3.05, 3.63) is 51.5 Å². The van der Waals surface area contributed by atoms with E-state index in [4.69, 9.17) is 16.3 Å². The van der Waals surface area contributed by atoms with Crippen LogP contribution in [0.1, 0.15) is 40.4 Å². The number of hydrogen-bond donors (Lipinski definition) is 8. The monoisotopic (exact) mass is 722 g/mol. The van der Waals surface area contributed by atoms with Crippen LogP contribution in [-0.2, 0) is 25.6 Å². The van der Waals surface area contributed by atoms with E-state index in [1.807, 2.05) is 0 Å². The summed E-state index contributed by atoms with van der Waals surface area (Å²) in [6.07, 6.45) is 1.18. The Bertz CT molecular complexity index is 1760. The number of hydrogen-bond acceptors (Lipinski definition) is 11. The van der Waals surface area contributed by atoms with Gasteiger partial charge in [-0.15, -0.1) is 0 Å². The zero-order valence-corrected chi connectivity index (χ0v) is 26.6. The van der Waals surface area contributed by atoms with Gasteiger partial charge < -0.3 is 51.2 Å². The Morgan fingerprint density at radius 3 is 2.52 bits per heavy atom. The van der Waals surface area contributed by atoms with Crippen molar-refractivity contribution in [2.75, 3.05) is 32.7 Å². The number of imide groups is 1. The maximum Gasteiger partial charge on any atom is 0.547 e. The summed E-state index contributed by atoms with van der Waals surface area (Å²) in [6, 6.07) is -1.20. The quantitative estimate of drug-likeness (QED) is 0.0897. The molecule has 266 valence electrons. The van der Waals surface area contributed by atoms with Crippen LogP contribution < -0.4 is 25.9 Å². The number of fused-ring (bicyclic) bond motifs is 1. The third kappa shape index (κ3) is 7.21. The number of carbonyl (C=O) groups excluding carboxylic acids is 5. The highest BCUT2D eigenvalue weighted by molar-refractivity contribution is 6.47. The largest absolute Gasteiger partial charge is 0.547 e. The third-order valence-corrected chi connectivity index (χ3v) is 8.80. The van der Waals surface area contributed by atoms with E-state index < -0.39 is 93.9 Å². The van der Waals surface area contributed by atoms with E-state index in [2.05, 4.69) is 21.3 Å². The molecule has 6 amide bonds. The number of nitrogens with zero attached hydrogens (tertiary/aromatic N) is 2. The fourth-order valence-corrected chi connectivity index (χ4v) is 6.02. The highest BCUT2D eigenvalue weighted by Gasteiger charge is 2.42. The molecular formula is C29H30BClF2N6O11. The number of carboxylic acids is 1. The smallest absolute Gasteiger partial charge is 0.534 e. The standard InChI is InChI=1S/C29H30BClF2N6O11/c31-19-13(11-15(33)21(40)22(19)41)20(25(43)36-17-10-12-3-4-14(32)18(28(46)47)23(12)50-30(17)49)37-29(48)39-9-8-38(26(44)27(39)45)7-6-35-24(42)16-2-1-5-34-16/h3-4,11,16-17,20,34,40-41,49H,1-2,5-10H2,(H,35,42)(H,36,43)(H,37,48)(H,46,47). The molecule has 0 spiro atoms. The molecule has 8 N–H and O–H groups in total. The van der Waals surface area contributed by atoms with Gasteiger partial charge in [-0.2, -0.15) is 0 Å². The molecule has 0 saturated carbocycles. The molecule has 2 aromatic carbocycles. The summed E-state index contributed by atoms with van der Waals surface area (Å²) >= 11 is 6.11. The molecule has 0 bridgehead atoms. The van der Waals surface area contributed by atoms with Crippen molar-refractivity contribution >= 4 is 54.3 Å². The summed E-state index contributed by atoms with van der Waals surface area (Å²) in [5.74, 6) is -12.5. The van der Waals surface area contributed by atoms with E-state index in [9.17, 15) is 57.9 Å². The first-order chi connectivity index (χ1) is 23.7. The summed E-state index contributed by atoms with van der Waals surface area (Å²) in [4.78, 5) is 78.2. The number of urea groups is 1. The molecule has 5 rings (SSSR count). The maximum absolute atomic E-state index is 14.6. The second-order valence-corrected chi connectivity index (χ2v) is 12.0. The molecule has 2 saturated heterocycles. The number of phenolic OH excluding ortho intramolecular Hbond substituents is 2. The highest BCUT2D eigenvalue weighted by Crippen LogP contribution is 2.40. The van der Waals surface area contributed by atoms with Gasteiger partial charge in [-0.05, 0) is 43.5 Å². The molecule has 0 aromatic heterocycles. The minimum Gasteiger partial charge on any atom is -0.534 e. The summed E-state index contributed by atoms with van der Waals surface area (Å²) in [5.41, 5.74) is -1.40. The van der Waals surface area contributed by atoms with Crippen LogP contribution in [-0.4, -0.2) is 118 Å². The topological polar surface area (TPSA) is 247 Å². The number of amides is 6. The Kier molecular flexibility index (Phi) is 10.6. The van der Waals surface area contributed by atoms with Crippen molar-refractivity contribution in [1.82, 2.24) is 31.1 Å². The molecule has 17 nitrogen and oxygen atoms in total. The van der Waals surface area contributed by atoms with Crippen molar-refractivity contribution in [2.24, 2.45) is 0 Å². The van der Waals surface area contributed by atoms with Crippen LogP contribution in [0.25, 0.3) is 0 Å². The van der Waals surface area contributed by atoms with Gasteiger partial charge in [0, 0.05) is 31.7 Å². The average molecular weight is 723 g/mol. The lowest BCUT2D eigenvalue weighted by Crippen LogP contribution is -2.60. The van der Waals surface area contributed by atoms with E-state index >= 15 is 0 Å². The molecule has 2 fully saturated rings. The fourth-order valence-electron chi connectivity index (χ4n) is 5.77. The predicted molar refractivity (Wildman–Crippen MR) is 166 cm³/mol. The minimum absolute atomic E-state index is 0.0344. The lowest BCUT2D eigenvalue weighted by molar-refractivity contribution is -0.153. The van der Waals surface area contributed by atoms with Crippen LogP contribution in [0.2, 0.25) is 5.02 Å². The van der Waals surface area contributed by atoms with Gasteiger partial charge in [-0.25, -0.2) is 18.4 Å². The summed E-state index contributed by atoms with van der Waals surface area (Å²) in [6.45, 7) is 0.190. The second kappa shape index (κ2) is 14.7. The molecule has 3 atom stereocenters. The lowest BCUT2D eigenvalue weighted by atomic mass is 9.72. The molecule has 3 aliphatic rings. The van der Waals surface area contributed by atoms with Gasteiger partial charge in [0.05, 0.1) is 17.0 Å². The van der Waals surface area contributed by atoms with Crippen LogP contribution in [0.4, 0.5) is 13.6 Å². The first-order valence-electron chi connectivity index (χ1n) is 15.2. The molecule has 3 heterocycles. The summed E-state index contributed by atoms with van der Waals surface area (Å²) in [7, 11) is -1.96. The Morgan fingerprint density at radius 2 is 1.84 bits per heavy atom. The Balaban J connectivity index is 1.32. The van der Waals surface area contributed by atoms with Gasteiger partial charge in [0.15, 0.2) is 17.3 Å². The number of aromatic carboxylic acids is 1. The number of rotatable bonds is 9. The van der Waals surface area contributed by atoms with Gasteiger partial charge in [-0.3, -0.25) is 24.1 Å². The van der Waals surface area contributed by atoms with E-state index in [1.165, 1.54) is 0 Å². The highest BCUT2D eigenvalue weighted by atomic mass is 35.5. The zero-order valence-electron chi connectivity index (χ0n) is 25.9. The first-order valence-corrected chi connectivity index (χ1v) is 15.6. The maximum atomic E-state index is 14.6. The lowest BCUT2D eigenvalue weighted by Gasteiger charge is -2.34. The minimum atomic E-state index is -2.05. The van der Waals surface area contributed by atoms with Crippen LogP contribution in [0, 0.1) is 11.6 Å². The van der Waals surface area contributed by atoms with E-state index in [1.54, 1.807) is 0 Å². The number of halogens is 3. The predicted octanol–water partition coefficient (Wildman–Crippen LogP) is -0.843.